The Bertz CT molecular complexity index is 2130. The van der Waals surface area contributed by atoms with Crippen LogP contribution in [0.2, 0.25) is 0 Å². The SMILES string of the molecule is CCn1cc(C(=O)O)c(=O)c2cc(F)c(N3CCN(C(=O)OCc4ccc(NC(=O)[C@@H](C)CC(=O)[C@@H](NC(=O)OCc5ccccc5)C(C)C)cc4)CC3)cc21. The highest BCUT2D eigenvalue weighted by molar-refractivity contribution is 5.97. The third-order valence-electron chi connectivity index (χ3n) is 9.64. The van der Waals surface area contributed by atoms with Gasteiger partial charge in [-0.05, 0) is 48.2 Å². The van der Waals surface area contributed by atoms with Gasteiger partial charge < -0.3 is 39.6 Å². The molecular weight excluding hydrogens is 725 g/mol. The van der Waals surface area contributed by atoms with Crippen LogP contribution in [-0.2, 0) is 38.8 Å². The number of aryl methyl sites for hydroxylation is 1. The number of carboxylic acid groups (broad SMARTS) is 1. The number of piperazine rings is 1. The van der Waals surface area contributed by atoms with Crippen molar-refractivity contribution in [2.75, 3.05) is 36.4 Å². The first kappa shape index (κ1) is 40.9. The lowest BCUT2D eigenvalue weighted by Crippen LogP contribution is -2.49. The zero-order chi connectivity index (χ0) is 40.5. The van der Waals surface area contributed by atoms with E-state index in [0.717, 1.165) is 11.6 Å². The number of ketones is 1. The van der Waals surface area contributed by atoms with E-state index in [1.54, 1.807) is 61.4 Å². The first-order chi connectivity index (χ1) is 26.7. The van der Waals surface area contributed by atoms with Gasteiger partial charge in [-0.15, -0.1) is 0 Å². The molecular formula is C41H46FN5O9. The molecule has 0 aliphatic carbocycles. The van der Waals surface area contributed by atoms with Crippen molar-refractivity contribution in [3.05, 3.63) is 106 Å². The second-order valence-corrected chi connectivity index (χ2v) is 14.0. The molecule has 0 radical (unpaired) electrons. The smallest absolute Gasteiger partial charge is 0.410 e. The van der Waals surface area contributed by atoms with Gasteiger partial charge in [-0.2, -0.15) is 0 Å². The van der Waals surface area contributed by atoms with Gasteiger partial charge in [0.25, 0.3) is 0 Å². The van der Waals surface area contributed by atoms with Crippen molar-refractivity contribution in [3.8, 4) is 0 Å². The predicted molar refractivity (Wildman–Crippen MR) is 207 cm³/mol. The molecule has 4 aromatic rings. The molecule has 1 aliphatic heterocycles. The lowest BCUT2D eigenvalue weighted by Gasteiger charge is -2.35. The first-order valence-corrected chi connectivity index (χ1v) is 18.4. The van der Waals surface area contributed by atoms with Crippen molar-refractivity contribution < 1.29 is 42.9 Å². The van der Waals surface area contributed by atoms with Crippen molar-refractivity contribution in [2.45, 2.75) is 59.9 Å². The van der Waals surface area contributed by atoms with Crippen LogP contribution >= 0.6 is 0 Å². The molecule has 3 aromatic carbocycles. The number of carboxylic acids is 1. The van der Waals surface area contributed by atoms with Gasteiger partial charge in [-0.25, -0.2) is 18.8 Å². The van der Waals surface area contributed by atoms with Crippen molar-refractivity contribution in [2.24, 2.45) is 11.8 Å². The van der Waals surface area contributed by atoms with E-state index in [1.807, 2.05) is 30.3 Å². The number of aromatic carboxylic acids is 1. The number of Topliss-reactive ketones (excluding diaryl/α,β-unsaturated/α-hetero) is 1. The number of halogens is 1. The Labute approximate surface area is 323 Å². The van der Waals surface area contributed by atoms with Gasteiger partial charge in [-0.1, -0.05) is 63.2 Å². The fourth-order valence-electron chi connectivity index (χ4n) is 6.40. The molecule has 3 amide bonds. The molecule has 1 aliphatic rings. The summed E-state index contributed by atoms with van der Waals surface area (Å²) in [6.07, 6.45) is -0.0910. The van der Waals surface area contributed by atoms with Gasteiger partial charge in [0.2, 0.25) is 11.3 Å². The molecule has 56 heavy (non-hydrogen) atoms. The van der Waals surface area contributed by atoms with Crippen LogP contribution in [-0.4, -0.2) is 76.6 Å². The minimum Gasteiger partial charge on any atom is -0.477 e. The number of rotatable bonds is 14. The number of fused-ring (bicyclic) bond motifs is 1. The van der Waals surface area contributed by atoms with Crippen LogP contribution in [0.5, 0.6) is 0 Å². The number of carbonyl (C=O) groups excluding carboxylic acids is 4. The number of ether oxygens (including phenoxy) is 2. The number of amides is 3. The monoisotopic (exact) mass is 771 g/mol. The van der Waals surface area contributed by atoms with Gasteiger partial charge in [-0.3, -0.25) is 14.4 Å². The third-order valence-corrected chi connectivity index (χ3v) is 9.64. The third kappa shape index (κ3) is 10.1. The molecule has 3 N–H and O–H groups in total. The van der Waals surface area contributed by atoms with Crippen LogP contribution in [0.4, 0.5) is 25.4 Å². The fourth-order valence-corrected chi connectivity index (χ4v) is 6.40. The number of alkyl carbamates (subject to hydrolysis) is 1. The zero-order valence-corrected chi connectivity index (χ0v) is 31.7. The number of carbonyl (C=O) groups is 5. The van der Waals surface area contributed by atoms with Gasteiger partial charge in [0.15, 0.2) is 5.78 Å². The molecule has 5 rings (SSSR count). The molecule has 14 nitrogen and oxygen atoms in total. The van der Waals surface area contributed by atoms with Crippen LogP contribution in [0.15, 0.2) is 77.7 Å². The Morgan fingerprint density at radius 1 is 0.875 bits per heavy atom. The summed E-state index contributed by atoms with van der Waals surface area (Å²) < 4.78 is 27.6. The van der Waals surface area contributed by atoms with E-state index < -0.39 is 46.9 Å². The number of nitrogens with one attached hydrogen (secondary N) is 2. The Morgan fingerprint density at radius 2 is 1.52 bits per heavy atom. The minimum absolute atomic E-state index is 0.0168. The Hall–Kier alpha value is -6.25. The number of aromatic nitrogens is 1. The van der Waals surface area contributed by atoms with E-state index in [-0.39, 0.29) is 61.4 Å². The summed E-state index contributed by atoms with van der Waals surface area (Å²) in [5.41, 5.74) is 1.46. The van der Waals surface area contributed by atoms with E-state index in [0.29, 0.717) is 36.4 Å². The summed E-state index contributed by atoms with van der Waals surface area (Å²) in [4.78, 5) is 78.9. The second-order valence-electron chi connectivity index (χ2n) is 14.0. The number of pyridine rings is 1. The van der Waals surface area contributed by atoms with Crippen LogP contribution in [0, 0.1) is 17.7 Å². The Morgan fingerprint density at radius 3 is 2.14 bits per heavy atom. The Kier molecular flexibility index (Phi) is 13.4. The topological polar surface area (TPSA) is 177 Å². The van der Waals surface area contributed by atoms with E-state index >= 15 is 4.39 Å². The van der Waals surface area contributed by atoms with E-state index in [4.69, 9.17) is 9.47 Å². The maximum Gasteiger partial charge on any atom is 0.410 e. The summed E-state index contributed by atoms with van der Waals surface area (Å²) in [6, 6.07) is 17.7. The summed E-state index contributed by atoms with van der Waals surface area (Å²) >= 11 is 0. The van der Waals surface area contributed by atoms with Gasteiger partial charge in [0.1, 0.15) is 24.6 Å². The van der Waals surface area contributed by atoms with Crippen LogP contribution < -0.4 is 21.0 Å². The molecule has 296 valence electrons. The van der Waals surface area contributed by atoms with Crippen molar-refractivity contribution in [3.63, 3.8) is 0 Å². The molecule has 2 atom stereocenters. The lowest BCUT2D eigenvalue weighted by molar-refractivity contribution is -0.127. The standard InChI is InChI=1S/C41H46FN5O9/c1-5-45-22-31(39(51)52)37(49)30-20-32(42)34(21-33(30)45)46-15-17-47(18-16-46)41(54)56-24-28-11-13-29(14-12-28)43-38(50)26(4)19-35(48)36(25(2)3)44-40(53)55-23-27-9-7-6-8-10-27/h6-14,20-22,25-26,36H,5,15-19,23-24H2,1-4H3,(H,43,50)(H,44,53)(H,51,52)/t26-,36-/m0/s1. The predicted octanol–water partition coefficient (Wildman–Crippen LogP) is 5.80. The van der Waals surface area contributed by atoms with Crippen LogP contribution in [0.3, 0.4) is 0 Å². The van der Waals surface area contributed by atoms with E-state index in [9.17, 15) is 33.9 Å². The summed E-state index contributed by atoms with van der Waals surface area (Å²) in [6.45, 7) is 8.55. The van der Waals surface area contributed by atoms with Crippen LogP contribution in [0.1, 0.15) is 55.6 Å². The van der Waals surface area contributed by atoms with E-state index in [2.05, 4.69) is 10.6 Å². The molecule has 1 fully saturated rings. The van der Waals surface area contributed by atoms with Gasteiger partial charge in [0, 0.05) is 62.3 Å². The van der Waals surface area contributed by atoms with Gasteiger partial charge >= 0.3 is 18.2 Å². The number of hydrogen-bond acceptors (Lipinski definition) is 9. The quantitative estimate of drug-likeness (QED) is 0.142. The molecule has 1 aromatic heterocycles. The van der Waals surface area contributed by atoms with Crippen LogP contribution in [0.25, 0.3) is 10.9 Å². The first-order valence-electron chi connectivity index (χ1n) is 18.4. The van der Waals surface area contributed by atoms with Crippen molar-refractivity contribution in [1.82, 2.24) is 14.8 Å². The summed E-state index contributed by atoms with van der Waals surface area (Å²) in [5, 5.41) is 14.8. The number of benzene rings is 3. The largest absolute Gasteiger partial charge is 0.477 e. The highest BCUT2D eigenvalue weighted by Gasteiger charge is 2.29. The maximum absolute atomic E-state index is 15.3. The van der Waals surface area contributed by atoms with Crippen molar-refractivity contribution in [1.29, 1.82) is 0 Å². The normalized spacial score (nSPS) is 13.9. The number of hydrogen-bond donors (Lipinski definition) is 3. The average Bonchev–Trinajstić information content (AvgIpc) is 3.19. The molecule has 0 unspecified atom stereocenters. The molecule has 0 spiro atoms. The fraction of sp³-hybridized carbons (Fsp3) is 0.366. The molecule has 1 saturated heterocycles. The summed E-state index contributed by atoms with van der Waals surface area (Å²) in [7, 11) is 0. The van der Waals surface area contributed by atoms with Gasteiger partial charge in [0.05, 0.1) is 17.2 Å². The molecule has 2 heterocycles. The van der Waals surface area contributed by atoms with E-state index in [1.165, 1.54) is 17.2 Å². The maximum atomic E-state index is 15.3. The molecule has 0 saturated carbocycles. The molecule has 0 bridgehead atoms. The average molecular weight is 772 g/mol. The minimum atomic E-state index is -1.38. The Balaban J connectivity index is 1.07. The number of anilines is 2. The highest BCUT2D eigenvalue weighted by Crippen LogP contribution is 2.27. The van der Waals surface area contributed by atoms with Crippen molar-refractivity contribution >= 4 is 52.1 Å². The second kappa shape index (κ2) is 18.4. The molecule has 15 heteroatoms. The zero-order valence-electron chi connectivity index (χ0n) is 31.7. The summed E-state index contributed by atoms with van der Waals surface area (Å²) in [5.74, 6) is -3.62. The highest BCUT2D eigenvalue weighted by atomic mass is 19.1. The lowest BCUT2D eigenvalue weighted by atomic mass is 9.93. The number of nitrogens with zero attached hydrogens (tertiary/aromatic N) is 3.